The van der Waals surface area contributed by atoms with Crippen molar-refractivity contribution >= 4 is 58.0 Å². The lowest BCUT2D eigenvalue weighted by Crippen LogP contribution is -2.11. The van der Waals surface area contributed by atoms with Crippen LogP contribution in [0.25, 0.3) is 12.2 Å². The maximum atomic E-state index is 12.5. The monoisotopic (exact) mass is 578 g/mol. The largest absolute Gasteiger partial charge is 0.446 e. The summed E-state index contributed by atoms with van der Waals surface area (Å²) in [5.74, 6) is 0.226. The van der Waals surface area contributed by atoms with Gasteiger partial charge in [0, 0.05) is 16.1 Å². The van der Waals surface area contributed by atoms with Crippen LogP contribution >= 0.6 is 12.0 Å². The van der Waals surface area contributed by atoms with E-state index in [0.29, 0.717) is 39.5 Å². The Morgan fingerprint density at radius 2 is 1.55 bits per heavy atom. The minimum atomic E-state index is -4.60. The minimum Gasteiger partial charge on any atom is -0.446 e. The average Bonchev–Trinajstić information content (AvgIpc) is 2.96. The lowest BCUT2D eigenvalue weighted by molar-refractivity contribution is -0.432. The normalized spacial score (nSPS) is 11.7. The average molecular weight is 579 g/mol. The summed E-state index contributed by atoms with van der Waals surface area (Å²) in [6, 6.07) is 26.6. The molecule has 204 valence electrons. The molecule has 0 aliphatic carbocycles. The van der Waals surface area contributed by atoms with Gasteiger partial charge in [0.05, 0.1) is 17.7 Å². The predicted molar refractivity (Wildman–Crippen MR) is 152 cm³/mol. The maximum absolute atomic E-state index is 12.5. The van der Waals surface area contributed by atoms with Crippen molar-refractivity contribution in [1.29, 1.82) is 0 Å². The first-order valence-electron chi connectivity index (χ1n) is 11.5. The Labute approximate surface area is 234 Å². The van der Waals surface area contributed by atoms with Gasteiger partial charge in [0.1, 0.15) is 10.6 Å². The molecular weight excluding hydrogens is 556 g/mol. The van der Waals surface area contributed by atoms with Gasteiger partial charge in [-0.05, 0) is 59.7 Å². The summed E-state index contributed by atoms with van der Waals surface area (Å²) in [6.07, 6.45) is 4.20. The third kappa shape index (κ3) is 8.10. The Morgan fingerprint density at radius 1 is 0.875 bits per heavy atom. The van der Waals surface area contributed by atoms with Gasteiger partial charge < -0.3 is 10.1 Å². The summed E-state index contributed by atoms with van der Waals surface area (Å²) >= 11 is 0.663. The number of hydrogen-bond donors (Lipinski definition) is 3. The van der Waals surface area contributed by atoms with Gasteiger partial charge in [-0.1, -0.05) is 65.7 Å². The first kappa shape index (κ1) is 28.7. The molecule has 0 spiro atoms. The van der Waals surface area contributed by atoms with Crippen LogP contribution in [0.15, 0.2) is 112 Å². The van der Waals surface area contributed by atoms with Crippen LogP contribution < -0.4 is 10.1 Å². The van der Waals surface area contributed by atoms with E-state index in [9.17, 15) is 17.8 Å². The van der Waals surface area contributed by atoms with E-state index in [1.165, 1.54) is 24.6 Å². The molecular formula is C28H22N2O8S2. The molecule has 0 aliphatic heterocycles. The van der Waals surface area contributed by atoms with E-state index in [1.807, 2.05) is 6.07 Å². The summed E-state index contributed by atoms with van der Waals surface area (Å²) in [5, 5.41) is 15.1. The van der Waals surface area contributed by atoms with Crippen molar-refractivity contribution in [3.8, 4) is 5.75 Å². The smallest absolute Gasteiger partial charge is 0.295 e. The summed E-state index contributed by atoms with van der Waals surface area (Å²) in [5.41, 5.74) is 1.85. The van der Waals surface area contributed by atoms with E-state index >= 15 is 0 Å². The predicted octanol–water partition coefficient (Wildman–Crippen LogP) is 6.52. The van der Waals surface area contributed by atoms with Crippen LogP contribution in [0.4, 0.5) is 11.4 Å². The van der Waals surface area contributed by atoms with Crippen molar-refractivity contribution < 1.29 is 37.1 Å². The molecule has 10 nitrogen and oxygen atoms in total. The van der Waals surface area contributed by atoms with Crippen molar-refractivity contribution in [3.63, 3.8) is 0 Å². The number of carbonyl (C=O) groups excluding carboxylic acids is 1. The van der Waals surface area contributed by atoms with E-state index in [4.69, 9.17) is 9.99 Å². The standard InChI is InChI=1S/C28H22N2O8S2/c31-28(22-7-3-1-4-8-22)30-24-16-13-20(26(17-24)39-38-37-32)11-12-21-14-15-23(18-27(21)40(33,34)35)29-19-36-25-9-5-2-6-10-25/h1-19,32H,(H,30,31)(H,33,34,35)/b12-11?,29-19+. The van der Waals surface area contributed by atoms with Crippen molar-refractivity contribution in [2.75, 3.05) is 5.32 Å². The molecule has 0 atom stereocenters. The number of nitrogens with zero attached hydrogens (tertiary/aromatic N) is 1. The number of rotatable bonds is 11. The van der Waals surface area contributed by atoms with Gasteiger partial charge in [-0.15, -0.1) is 4.33 Å². The van der Waals surface area contributed by atoms with Gasteiger partial charge in [0.25, 0.3) is 16.0 Å². The second-order valence-corrected chi connectivity index (χ2v) is 10.1. The van der Waals surface area contributed by atoms with Crippen LogP contribution in [0.3, 0.4) is 0 Å². The quantitative estimate of drug-likeness (QED) is 0.0344. The van der Waals surface area contributed by atoms with Crippen molar-refractivity contribution in [2.45, 2.75) is 9.79 Å². The molecule has 4 aromatic rings. The SMILES string of the molecule is O=C(Nc1ccc(C=Cc2ccc(/N=C/Oc3ccccc3)cc2S(=O)(=O)O)c(SOOO)c1)c1ccccc1. The van der Waals surface area contributed by atoms with Crippen molar-refractivity contribution in [3.05, 3.63) is 114 Å². The number of amides is 1. The second-order valence-electron chi connectivity index (χ2n) is 7.99. The number of nitrogens with one attached hydrogen (secondary N) is 1. The van der Waals surface area contributed by atoms with Gasteiger partial charge in [-0.3, -0.25) is 9.35 Å². The number of ether oxygens (including phenoxy) is 1. The van der Waals surface area contributed by atoms with Gasteiger partial charge >= 0.3 is 0 Å². The van der Waals surface area contributed by atoms with Crippen molar-refractivity contribution in [1.82, 2.24) is 0 Å². The molecule has 3 N–H and O–H groups in total. The molecule has 0 unspecified atom stereocenters. The van der Waals surface area contributed by atoms with E-state index in [0.717, 1.165) is 0 Å². The van der Waals surface area contributed by atoms with Crippen molar-refractivity contribution in [2.24, 2.45) is 4.99 Å². The molecule has 4 aromatic carbocycles. The van der Waals surface area contributed by atoms with Crippen LogP contribution in [-0.2, 0) is 19.5 Å². The Balaban J connectivity index is 1.57. The minimum absolute atomic E-state index is 0.183. The lowest BCUT2D eigenvalue weighted by Gasteiger charge is -2.10. The number of anilines is 1. The third-order valence-corrected chi connectivity index (χ3v) is 6.88. The molecule has 4 rings (SSSR count). The fraction of sp³-hybridized carbons (Fsp3) is 0. The van der Waals surface area contributed by atoms with Crippen LogP contribution in [0, 0.1) is 0 Å². The van der Waals surface area contributed by atoms with Crippen LogP contribution in [0.5, 0.6) is 5.75 Å². The van der Waals surface area contributed by atoms with E-state index < -0.39 is 10.1 Å². The second kappa shape index (κ2) is 13.7. The number of hydrogen-bond acceptors (Lipinski definition) is 9. The Bertz CT molecular complexity index is 1630. The molecule has 0 bridgehead atoms. The zero-order chi connectivity index (χ0) is 28.4. The summed E-state index contributed by atoms with van der Waals surface area (Å²) < 4.78 is 44.0. The Hall–Kier alpha value is -4.30. The van der Waals surface area contributed by atoms with Crippen LogP contribution in [-0.4, -0.2) is 30.5 Å². The van der Waals surface area contributed by atoms with Gasteiger partial charge in [-0.25, -0.2) is 10.2 Å². The van der Waals surface area contributed by atoms with E-state index in [-0.39, 0.29) is 22.1 Å². The first-order chi connectivity index (χ1) is 19.3. The zero-order valence-corrected chi connectivity index (χ0v) is 22.2. The fourth-order valence-corrected chi connectivity index (χ4v) is 4.67. The van der Waals surface area contributed by atoms with Crippen LogP contribution in [0.2, 0.25) is 0 Å². The number of benzene rings is 4. The molecule has 0 fully saturated rings. The molecule has 0 aliphatic rings. The summed E-state index contributed by atoms with van der Waals surface area (Å²) in [6.45, 7) is 0. The Kier molecular flexibility index (Phi) is 9.81. The van der Waals surface area contributed by atoms with Crippen LogP contribution in [0.1, 0.15) is 21.5 Å². The Morgan fingerprint density at radius 3 is 2.25 bits per heavy atom. The summed E-state index contributed by atoms with van der Waals surface area (Å²) in [4.78, 5) is 16.7. The number of carbonyl (C=O) groups is 1. The highest BCUT2D eigenvalue weighted by Gasteiger charge is 2.15. The zero-order valence-electron chi connectivity index (χ0n) is 20.6. The first-order valence-corrected chi connectivity index (χ1v) is 13.7. The summed E-state index contributed by atoms with van der Waals surface area (Å²) in [7, 11) is -4.60. The van der Waals surface area contributed by atoms with E-state index in [1.54, 1.807) is 84.9 Å². The molecule has 0 radical (unpaired) electrons. The van der Waals surface area contributed by atoms with Gasteiger partial charge in [0.2, 0.25) is 0 Å². The maximum Gasteiger partial charge on any atom is 0.295 e. The lowest BCUT2D eigenvalue weighted by atomic mass is 10.1. The molecule has 1 amide bonds. The molecule has 0 heterocycles. The van der Waals surface area contributed by atoms with Gasteiger partial charge in [-0.2, -0.15) is 8.42 Å². The highest BCUT2D eigenvalue weighted by molar-refractivity contribution is 7.94. The molecule has 0 saturated heterocycles. The topological polar surface area (TPSA) is 144 Å². The van der Waals surface area contributed by atoms with E-state index in [2.05, 4.69) is 19.7 Å². The number of aliphatic imine (C=N–C) groups is 1. The molecule has 40 heavy (non-hydrogen) atoms. The molecule has 0 aromatic heterocycles. The number of para-hydroxylation sites is 1. The highest BCUT2D eigenvalue weighted by atomic mass is 32.2. The highest BCUT2D eigenvalue weighted by Crippen LogP contribution is 2.30. The molecule has 0 saturated carbocycles. The third-order valence-electron chi connectivity index (χ3n) is 5.31. The molecule has 12 heteroatoms. The van der Waals surface area contributed by atoms with Gasteiger partial charge in [0.15, 0.2) is 6.40 Å². The fourth-order valence-electron chi connectivity index (χ4n) is 3.46.